The third-order valence-corrected chi connectivity index (χ3v) is 5.66. The maximum absolute atomic E-state index is 12.1. The zero-order valence-electron chi connectivity index (χ0n) is 16.6. The van der Waals surface area contributed by atoms with Gasteiger partial charge in [0.2, 0.25) is 0 Å². The van der Waals surface area contributed by atoms with Crippen LogP contribution in [0.3, 0.4) is 0 Å². The highest BCUT2D eigenvalue weighted by atomic mass is 16.5. The van der Waals surface area contributed by atoms with E-state index in [2.05, 4.69) is 22.1 Å². The van der Waals surface area contributed by atoms with Crippen molar-refractivity contribution in [2.45, 2.75) is 25.3 Å². The molecule has 0 saturated carbocycles. The van der Waals surface area contributed by atoms with Crippen LogP contribution in [0.4, 0.5) is 4.79 Å². The normalized spacial score (nSPS) is 15.3. The highest BCUT2D eigenvalue weighted by Crippen LogP contribution is 2.34. The third-order valence-electron chi connectivity index (χ3n) is 5.66. The number of pyridine rings is 1. The summed E-state index contributed by atoms with van der Waals surface area (Å²) in [4.78, 5) is 16.6. The van der Waals surface area contributed by atoms with E-state index in [1.54, 1.807) is 12.1 Å². The summed E-state index contributed by atoms with van der Waals surface area (Å²) in [6, 6.07) is 17.7. The topological polar surface area (TPSA) is 71.7 Å². The number of hydrazine groups is 1. The summed E-state index contributed by atoms with van der Waals surface area (Å²) >= 11 is 0. The number of methoxy groups -OCH3 is 1. The standard InChI is InChI=1S/C23H26N4O2/c1-29-19-7-8-22-21(15-19)20(9-12-25-22)18-10-13-26(14-11-18)27(23(24)28)16-17-5-3-2-4-6-17/h2-9,12,15,18H,10-11,13-14,16H2,1H3,(H2,24,28). The second-order valence-corrected chi connectivity index (χ2v) is 7.39. The molecule has 4 rings (SSSR count). The molecule has 0 unspecified atom stereocenters. The van der Waals surface area contributed by atoms with Crippen LogP contribution in [0.15, 0.2) is 60.8 Å². The minimum atomic E-state index is -0.411. The molecule has 2 heterocycles. The van der Waals surface area contributed by atoms with Crippen molar-refractivity contribution in [3.05, 3.63) is 71.9 Å². The van der Waals surface area contributed by atoms with Crippen LogP contribution in [0, 0.1) is 0 Å². The number of carbonyl (C=O) groups excluding carboxylic acids is 1. The maximum atomic E-state index is 12.1. The van der Waals surface area contributed by atoms with Gasteiger partial charge in [-0.1, -0.05) is 30.3 Å². The Hall–Kier alpha value is -3.12. The van der Waals surface area contributed by atoms with E-state index in [4.69, 9.17) is 10.5 Å². The third kappa shape index (κ3) is 4.17. The van der Waals surface area contributed by atoms with Crippen molar-refractivity contribution in [2.24, 2.45) is 5.73 Å². The monoisotopic (exact) mass is 390 g/mol. The Bertz CT molecular complexity index is 985. The predicted octanol–water partition coefficient (Wildman–Crippen LogP) is 3.92. The van der Waals surface area contributed by atoms with Gasteiger partial charge in [0, 0.05) is 24.7 Å². The molecule has 3 aromatic rings. The van der Waals surface area contributed by atoms with Crippen LogP contribution in [-0.4, -0.2) is 41.2 Å². The highest BCUT2D eigenvalue weighted by molar-refractivity contribution is 5.84. The number of benzene rings is 2. The smallest absolute Gasteiger partial charge is 0.329 e. The lowest BCUT2D eigenvalue weighted by Gasteiger charge is -2.39. The van der Waals surface area contributed by atoms with E-state index in [0.29, 0.717) is 12.5 Å². The summed E-state index contributed by atoms with van der Waals surface area (Å²) in [7, 11) is 1.68. The molecule has 0 atom stereocenters. The number of nitrogens with zero attached hydrogens (tertiary/aromatic N) is 3. The number of hydrogen-bond acceptors (Lipinski definition) is 4. The minimum Gasteiger partial charge on any atom is -0.497 e. The Kier molecular flexibility index (Phi) is 5.62. The van der Waals surface area contributed by atoms with Crippen molar-refractivity contribution < 1.29 is 9.53 Å². The maximum Gasteiger partial charge on any atom is 0.329 e. The number of nitrogens with two attached hydrogens (primary N) is 1. The second-order valence-electron chi connectivity index (χ2n) is 7.39. The van der Waals surface area contributed by atoms with Crippen molar-refractivity contribution in [3.8, 4) is 5.75 Å². The van der Waals surface area contributed by atoms with E-state index in [1.807, 2.05) is 48.7 Å². The van der Waals surface area contributed by atoms with Gasteiger partial charge < -0.3 is 10.5 Å². The Morgan fingerprint density at radius 3 is 2.62 bits per heavy atom. The van der Waals surface area contributed by atoms with Crippen molar-refractivity contribution in [1.82, 2.24) is 15.0 Å². The van der Waals surface area contributed by atoms with Crippen LogP contribution in [0.5, 0.6) is 5.75 Å². The van der Waals surface area contributed by atoms with E-state index in [0.717, 1.165) is 48.1 Å². The molecule has 0 spiro atoms. The van der Waals surface area contributed by atoms with Crippen LogP contribution in [0.2, 0.25) is 0 Å². The molecule has 0 aliphatic carbocycles. The number of hydrogen-bond donors (Lipinski definition) is 1. The Morgan fingerprint density at radius 1 is 1.17 bits per heavy atom. The number of ether oxygens (including phenoxy) is 1. The molecule has 29 heavy (non-hydrogen) atoms. The number of piperidine rings is 1. The number of amides is 2. The molecular weight excluding hydrogens is 364 g/mol. The Morgan fingerprint density at radius 2 is 1.93 bits per heavy atom. The van der Waals surface area contributed by atoms with Crippen molar-refractivity contribution in [2.75, 3.05) is 20.2 Å². The first-order valence-electron chi connectivity index (χ1n) is 9.94. The lowest BCUT2D eigenvalue weighted by Crippen LogP contribution is -2.51. The van der Waals surface area contributed by atoms with Gasteiger partial charge in [0.25, 0.3) is 0 Å². The quantitative estimate of drug-likeness (QED) is 0.717. The molecular formula is C23H26N4O2. The lowest BCUT2D eigenvalue weighted by atomic mass is 9.88. The Labute approximate surface area is 170 Å². The van der Waals surface area contributed by atoms with E-state index in [-0.39, 0.29) is 0 Å². The molecule has 1 aromatic heterocycles. The second kappa shape index (κ2) is 8.49. The van der Waals surface area contributed by atoms with Gasteiger partial charge in [-0.2, -0.15) is 0 Å². The number of rotatable bonds is 5. The van der Waals surface area contributed by atoms with Gasteiger partial charge in [0.15, 0.2) is 0 Å². The summed E-state index contributed by atoms with van der Waals surface area (Å²) in [6.45, 7) is 2.07. The molecule has 1 aliphatic heterocycles. The summed E-state index contributed by atoms with van der Waals surface area (Å²) in [5, 5.41) is 4.89. The molecule has 1 saturated heterocycles. The molecule has 1 aliphatic rings. The molecule has 6 heteroatoms. The fourth-order valence-corrected chi connectivity index (χ4v) is 4.12. The van der Waals surface area contributed by atoms with Crippen LogP contribution in [-0.2, 0) is 6.54 Å². The van der Waals surface area contributed by atoms with Gasteiger partial charge in [0.05, 0.1) is 19.2 Å². The first-order chi connectivity index (χ1) is 14.2. The number of aromatic nitrogens is 1. The molecule has 2 amide bonds. The van der Waals surface area contributed by atoms with Gasteiger partial charge >= 0.3 is 6.03 Å². The fraction of sp³-hybridized carbons (Fsp3) is 0.304. The van der Waals surface area contributed by atoms with Crippen molar-refractivity contribution >= 4 is 16.9 Å². The number of fused-ring (bicyclic) bond motifs is 1. The van der Waals surface area contributed by atoms with E-state index < -0.39 is 6.03 Å². The van der Waals surface area contributed by atoms with Gasteiger partial charge in [-0.05, 0) is 54.2 Å². The summed E-state index contributed by atoms with van der Waals surface area (Å²) in [6.07, 6.45) is 3.78. The average Bonchev–Trinajstić information content (AvgIpc) is 2.77. The largest absolute Gasteiger partial charge is 0.497 e. The van der Waals surface area contributed by atoms with Gasteiger partial charge in [0.1, 0.15) is 5.75 Å². The average molecular weight is 390 g/mol. The molecule has 2 N–H and O–H groups in total. The SMILES string of the molecule is COc1ccc2nccc(C3CCN(N(Cc4ccccc4)C(N)=O)CC3)c2c1. The molecule has 0 radical (unpaired) electrons. The summed E-state index contributed by atoms with van der Waals surface area (Å²) in [5.41, 5.74) is 9.03. The molecule has 6 nitrogen and oxygen atoms in total. The molecule has 1 fully saturated rings. The highest BCUT2D eigenvalue weighted by Gasteiger charge is 2.27. The van der Waals surface area contributed by atoms with Crippen LogP contribution >= 0.6 is 0 Å². The zero-order valence-corrected chi connectivity index (χ0v) is 16.6. The predicted molar refractivity (Wildman–Crippen MR) is 113 cm³/mol. The van der Waals surface area contributed by atoms with Gasteiger partial charge in [-0.25, -0.2) is 9.80 Å². The van der Waals surface area contributed by atoms with E-state index >= 15 is 0 Å². The Balaban J connectivity index is 1.50. The van der Waals surface area contributed by atoms with Crippen LogP contribution in [0.1, 0.15) is 29.9 Å². The van der Waals surface area contributed by atoms with Gasteiger partial charge in [-0.15, -0.1) is 0 Å². The molecule has 150 valence electrons. The summed E-state index contributed by atoms with van der Waals surface area (Å²) < 4.78 is 5.40. The summed E-state index contributed by atoms with van der Waals surface area (Å²) in [5.74, 6) is 1.25. The van der Waals surface area contributed by atoms with Crippen molar-refractivity contribution in [1.29, 1.82) is 0 Å². The molecule has 2 aromatic carbocycles. The lowest BCUT2D eigenvalue weighted by molar-refractivity contribution is -0.00878. The van der Waals surface area contributed by atoms with E-state index in [1.165, 1.54) is 5.56 Å². The number of carbonyl (C=O) groups is 1. The fourth-order valence-electron chi connectivity index (χ4n) is 4.12. The number of primary amides is 1. The zero-order chi connectivity index (χ0) is 20.2. The minimum absolute atomic E-state index is 0.411. The van der Waals surface area contributed by atoms with Gasteiger partial charge in [-0.3, -0.25) is 9.99 Å². The van der Waals surface area contributed by atoms with Crippen LogP contribution < -0.4 is 10.5 Å². The van der Waals surface area contributed by atoms with Crippen molar-refractivity contribution in [3.63, 3.8) is 0 Å². The van der Waals surface area contributed by atoms with Crippen LogP contribution in [0.25, 0.3) is 10.9 Å². The molecule has 0 bridgehead atoms. The van der Waals surface area contributed by atoms with E-state index in [9.17, 15) is 4.79 Å². The number of urea groups is 1. The first-order valence-corrected chi connectivity index (χ1v) is 9.94. The first kappa shape index (κ1) is 19.2.